The second kappa shape index (κ2) is 6.81. The first kappa shape index (κ1) is 14.9. The van der Waals surface area contributed by atoms with Crippen molar-refractivity contribution in [3.05, 3.63) is 35.4 Å². The molecule has 0 amide bonds. The van der Waals surface area contributed by atoms with Crippen molar-refractivity contribution >= 4 is 11.8 Å². The Bertz CT molecular complexity index is 386. The van der Waals surface area contributed by atoms with Crippen molar-refractivity contribution in [1.29, 1.82) is 0 Å². The molecule has 2 heteroatoms. The lowest BCUT2D eigenvalue weighted by Crippen LogP contribution is -2.36. The molecule has 0 unspecified atom stereocenters. The monoisotopic (exact) mass is 277 g/mol. The number of benzene rings is 1. The Kier molecular flexibility index (Phi) is 5.35. The Morgan fingerprint density at radius 1 is 1.26 bits per heavy atom. The highest BCUT2D eigenvalue weighted by atomic mass is 32.2. The van der Waals surface area contributed by atoms with Crippen LogP contribution in [0.1, 0.15) is 56.6 Å². The Balaban J connectivity index is 1.86. The average molecular weight is 277 g/mol. The highest BCUT2D eigenvalue weighted by Crippen LogP contribution is 2.40. The van der Waals surface area contributed by atoms with Gasteiger partial charge in [-0.3, -0.25) is 0 Å². The fraction of sp³-hybridized carbons (Fsp3) is 0.647. The van der Waals surface area contributed by atoms with Crippen LogP contribution in [0.2, 0.25) is 0 Å². The smallest absolute Gasteiger partial charge is 0.0276 e. The number of hydrogen-bond acceptors (Lipinski definition) is 2. The van der Waals surface area contributed by atoms with E-state index in [2.05, 4.69) is 49.7 Å². The summed E-state index contributed by atoms with van der Waals surface area (Å²) in [5, 5.41) is 3.66. The van der Waals surface area contributed by atoms with Crippen molar-refractivity contribution in [3.63, 3.8) is 0 Å². The standard InChI is InChI=1S/C17H27NS/c1-4-17(5-2,19-3)13-18-12-14-7-6-8-16(11-14)15-9-10-15/h6-8,11,15,18H,4-5,9-10,12-13H2,1-3H3. The predicted octanol–water partition coefficient (Wildman–Crippen LogP) is 4.58. The zero-order valence-corrected chi connectivity index (χ0v) is 13.4. The number of thioether (sulfide) groups is 1. The minimum Gasteiger partial charge on any atom is -0.311 e. The first-order chi connectivity index (χ1) is 9.23. The van der Waals surface area contributed by atoms with Crippen molar-refractivity contribution in [2.45, 2.75) is 56.7 Å². The molecule has 2 rings (SSSR count). The third-order valence-electron chi connectivity index (χ3n) is 4.50. The lowest BCUT2D eigenvalue weighted by Gasteiger charge is -2.30. The van der Waals surface area contributed by atoms with E-state index in [9.17, 15) is 0 Å². The molecule has 1 fully saturated rings. The topological polar surface area (TPSA) is 12.0 Å². The van der Waals surface area contributed by atoms with Gasteiger partial charge in [0.1, 0.15) is 0 Å². The molecule has 1 aromatic rings. The van der Waals surface area contributed by atoms with E-state index in [-0.39, 0.29) is 0 Å². The second-order valence-corrected chi connectivity index (χ2v) is 6.99. The lowest BCUT2D eigenvalue weighted by molar-refractivity contribution is 0.495. The zero-order chi connectivity index (χ0) is 13.7. The third kappa shape index (κ3) is 4.00. The Morgan fingerprint density at radius 2 is 2.00 bits per heavy atom. The van der Waals surface area contributed by atoms with Crippen LogP contribution in [0.15, 0.2) is 24.3 Å². The van der Waals surface area contributed by atoms with E-state index in [1.54, 1.807) is 5.56 Å². The van der Waals surface area contributed by atoms with E-state index < -0.39 is 0 Å². The van der Waals surface area contributed by atoms with Crippen molar-refractivity contribution in [2.75, 3.05) is 12.8 Å². The first-order valence-corrected chi connectivity index (χ1v) is 8.80. The summed E-state index contributed by atoms with van der Waals surface area (Å²) in [6.45, 7) is 6.71. The normalized spacial score (nSPS) is 15.7. The molecule has 0 spiro atoms. The predicted molar refractivity (Wildman–Crippen MR) is 87.0 cm³/mol. The van der Waals surface area contributed by atoms with Crippen LogP contribution in [-0.2, 0) is 6.54 Å². The van der Waals surface area contributed by atoms with Crippen LogP contribution in [0.25, 0.3) is 0 Å². The van der Waals surface area contributed by atoms with Gasteiger partial charge in [-0.25, -0.2) is 0 Å². The molecule has 1 saturated carbocycles. The molecule has 1 N–H and O–H groups in total. The number of hydrogen-bond donors (Lipinski definition) is 1. The van der Waals surface area contributed by atoms with Crippen LogP contribution in [-0.4, -0.2) is 17.5 Å². The fourth-order valence-corrected chi connectivity index (χ4v) is 3.49. The average Bonchev–Trinajstić information content (AvgIpc) is 3.29. The molecule has 0 bridgehead atoms. The van der Waals surface area contributed by atoms with Crippen molar-refractivity contribution in [2.24, 2.45) is 0 Å². The minimum absolute atomic E-state index is 0.411. The third-order valence-corrected chi connectivity index (χ3v) is 6.09. The van der Waals surface area contributed by atoms with Crippen LogP contribution in [0.5, 0.6) is 0 Å². The molecule has 0 radical (unpaired) electrons. The summed E-state index contributed by atoms with van der Waals surface area (Å²) in [7, 11) is 0. The molecular weight excluding hydrogens is 250 g/mol. The highest BCUT2D eigenvalue weighted by Gasteiger charge is 2.25. The maximum Gasteiger partial charge on any atom is 0.0276 e. The second-order valence-electron chi connectivity index (χ2n) is 5.72. The van der Waals surface area contributed by atoms with Crippen molar-refractivity contribution in [1.82, 2.24) is 5.32 Å². The molecule has 0 saturated heterocycles. The quantitative estimate of drug-likeness (QED) is 0.746. The molecule has 19 heavy (non-hydrogen) atoms. The van der Waals surface area contributed by atoms with Gasteiger partial charge in [-0.1, -0.05) is 38.1 Å². The Morgan fingerprint density at radius 3 is 2.58 bits per heavy atom. The van der Waals surface area contributed by atoms with Gasteiger partial charge in [0.05, 0.1) is 0 Å². The number of nitrogens with one attached hydrogen (secondary N) is 1. The van der Waals surface area contributed by atoms with Crippen LogP contribution < -0.4 is 5.32 Å². The Hall–Kier alpha value is -0.470. The van der Waals surface area contributed by atoms with Crippen LogP contribution in [0, 0.1) is 0 Å². The van der Waals surface area contributed by atoms with E-state index in [1.807, 2.05) is 11.8 Å². The molecule has 106 valence electrons. The van der Waals surface area contributed by atoms with E-state index in [0.29, 0.717) is 4.75 Å². The van der Waals surface area contributed by atoms with E-state index in [1.165, 1.54) is 31.2 Å². The molecule has 1 aromatic carbocycles. The van der Waals surface area contributed by atoms with Crippen molar-refractivity contribution in [3.8, 4) is 0 Å². The maximum absolute atomic E-state index is 3.66. The summed E-state index contributed by atoms with van der Waals surface area (Å²) in [5.41, 5.74) is 2.98. The van der Waals surface area contributed by atoms with Gasteiger partial charge in [0, 0.05) is 17.8 Å². The van der Waals surface area contributed by atoms with Gasteiger partial charge in [-0.2, -0.15) is 11.8 Å². The summed E-state index contributed by atoms with van der Waals surface area (Å²) in [6.07, 6.45) is 7.48. The Labute approximate surface area is 122 Å². The molecule has 0 aromatic heterocycles. The maximum atomic E-state index is 3.66. The highest BCUT2D eigenvalue weighted by molar-refractivity contribution is 8.00. The summed E-state index contributed by atoms with van der Waals surface area (Å²) >= 11 is 2.01. The minimum atomic E-state index is 0.411. The van der Waals surface area contributed by atoms with Gasteiger partial charge in [0.25, 0.3) is 0 Å². The molecule has 0 heterocycles. The lowest BCUT2D eigenvalue weighted by atomic mass is 10.0. The van der Waals surface area contributed by atoms with Gasteiger partial charge in [0.2, 0.25) is 0 Å². The van der Waals surface area contributed by atoms with Crippen molar-refractivity contribution < 1.29 is 0 Å². The molecule has 1 aliphatic carbocycles. The molecule has 1 aliphatic rings. The summed E-state index contributed by atoms with van der Waals surface area (Å²) < 4.78 is 0.411. The van der Waals surface area contributed by atoms with E-state index >= 15 is 0 Å². The van der Waals surface area contributed by atoms with E-state index in [0.717, 1.165) is 19.0 Å². The molecule has 0 atom stereocenters. The SMILES string of the molecule is CCC(CC)(CNCc1cccc(C2CC2)c1)SC. The van der Waals surface area contributed by atoms with Gasteiger partial charge < -0.3 is 5.32 Å². The summed E-state index contributed by atoms with van der Waals surface area (Å²) in [5.74, 6) is 0.858. The van der Waals surface area contributed by atoms with Gasteiger partial charge >= 0.3 is 0 Å². The van der Waals surface area contributed by atoms with Gasteiger partial charge in [-0.15, -0.1) is 0 Å². The van der Waals surface area contributed by atoms with E-state index in [4.69, 9.17) is 0 Å². The largest absolute Gasteiger partial charge is 0.311 e. The van der Waals surface area contributed by atoms with Crippen LogP contribution in [0.4, 0.5) is 0 Å². The van der Waals surface area contributed by atoms with Gasteiger partial charge in [0.15, 0.2) is 0 Å². The summed E-state index contributed by atoms with van der Waals surface area (Å²) in [4.78, 5) is 0. The molecule has 1 nitrogen and oxygen atoms in total. The van der Waals surface area contributed by atoms with Crippen LogP contribution in [0.3, 0.4) is 0 Å². The zero-order valence-electron chi connectivity index (χ0n) is 12.5. The fourth-order valence-electron chi connectivity index (χ4n) is 2.67. The van der Waals surface area contributed by atoms with Gasteiger partial charge in [-0.05, 0) is 49.0 Å². The number of rotatable bonds is 8. The molecular formula is C17H27NS. The first-order valence-electron chi connectivity index (χ1n) is 7.57. The van der Waals surface area contributed by atoms with Crippen LogP contribution >= 0.6 is 11.8 Å². The summed E-state index contributed by atoms with van der Waals surface area (Å²) in [6, 6.07) is 9.14. The molecule has 0 aliphatic heterocycles.